The lowest BCUT2D eigenvalue weighted by Crippen LogP contribution is -2.24. The number of hydrogen-bond donors (Lipinski definition) is 3. The summed E-state index contributed by atoms with van der Waals surface area (Å²) >= 11 is 0. The van der Waals surface area contributed by atoms with Crippen LogP contribution < -0.4 is 15.4 Å². The first-order chi connectivity index (χ1) is 12.2. The Morgan fingerprint density at radius 1 is 1.24 bits per heavy atom. The minimum atomic E-state index is -0.337. The number of carbonyl (C=O) groups excluding carboxylic acids is 2. The third-order valence-electron chi connectivity index (χ3n) is 4.30. The Balaban J connectivity index is 1.55. The van der Waals surface area contributed by atoms with Crippen molar-refractivity contribution in [3.05, 3.63) is 53.6 Å². The monoisotopic (exact) mass is 336 g/mol. The Hall–Kier alpha value is -3.35. The predicted octanol–water partition coefficient (Wildman–Crippen LogP) is 2.38. The molecule has 2 aromatic carbocycles. The molecular weight excluding hydrogens is 320 g/mol. The molecule has 0 spiro atoms. The fraction of sp³-hybridized carbons (Fsp3) is 0.167. The summed E-state index contributed by atoms with van der Waals surface area (Å²) in [5.41, 5.74) is 2.23. The van der Waals surface area contributed by atoms with Gasteiger partial charge in [-0.15, -0.1) is 0 Å². The van der Waals surface area contributed by atoms with Crippen molar-refractivity contribution >= 4 is 28.5 Å². The molecule has 7 nitrogen and oxygen atoms in total. The van der Waals surface area contributed by atoms with Gasteiger partial charge in [0.2, 0.25) is 5.91 Å². The SMILES string of the molecule is COc1cccc2[nH]nc(NC(=O)CC3NC(=O)c4ccccc43)c12. The Morgan fingerprint density at radius 2 is 2.08 bits per heavy atom. The molecule has 0 radical (unpaired) electrons. The van der Waals surface area contributed by atoms with Gasteiger partial charge >= 0.3 is 0 Å². The number of rotatable bonds is 4. The van der Waals surface area contributed by atoms with Gasteiger partial charge in [0, 0.05) is 5.56 Å². The molecular formula is C18H16N4O3. The molecule has 1 aromatic heterocycles. The highest BCUT2D eigenvalue weighted by Gasteiger charge is 2.29. The van der Waals surface area contributed by atoms with Gasteiger partial charge in [0.05, 0.1) is 30.5 Å². The number of anilines is 1. The molecule has 1 aliphatic rings. The lowest BCUT2D eigenvalue weighted by molar-refractivity contribution is -0.116. The van der Waals surface area contributed by atoms with Gasteiger partial charge in [0.25, 0.3) is 5.91 Å². The Kier molecular flexibility index (Phi) is 3.61. The number of nitrogens with one attached hydrogen (secondary N) is 3. The zero-order valence-electron chi connectivity index (χ0n) is 13.5. The highest BCUT2D eigenvalue weighted by molar-refractivity contribution is 6.04. The maximum Gasteiger partial charge on any atom is 0.252 e. The molecule has 2 heterocycles. The van der Waals surface area contributed by atoms with Crippen LogP contribution in [0.3, 0.4) is 0 Å². The van der Waals surface area contributed by atoms with E-state index in [1.807, 2.05) is 30.3 Å². The summed E-state index contributed by atoms with van der Waals surface area (Å²) in [6.45, 7) is 0. The number of benzene rings is 2. The Labute approximate surface area is 143 Å². The fourth-order valence-electron chi connectivity index (χ4n) is 3.15. The third kappa shape index (κ3) is 2.59. The van der Waals surface area contributed by atoms with Crippen LogP contribution >= 0.6 is 0 Å². The lowest BCUT2D eigenvalue weighted by atomic mass is 10.0. The molecule has 0 fully saturated rings. The van der Waals surface area contributed by atoms with Gasteiger partial charge in [-0.1, -0.05) is 24.3 Å². The van der Waals surface area contributed by atoms with Crippen LogP contribution in [0.2, 0.25) is 0 Å². The van der Waals surface area contributed by atoms with Crippen molar-refractivity contribution in [1.29, 1.82) is 0 Å². The average molecular weight is 336 g/mol. The summed E-state index contributed by atoms with van der Waals surface area (Å²) in [6.07, 6.45) is 0.131. The van der Waals surface area contributed by atoms with Crippen LogP contribution in [-0.4, -0.2) is 29.1 Å². The fourth-order valence-corrected chi connectivity index (χ4v) is 3.15. The van der Waals surface area contributed by atoms with Crippen molar-refractivity contribution in [3.63, 3.8) is 0 Å². The van der Waals surface area contributed by atoms with Gasteiger partial charge in [0.15, 0.2) is 5.82 Å². The quantitative estimate of drug-likeness (QED) is 0.681. The van der Waals surface area contributed by atoms with Crippen LogP contribution in [0.15, 0.2) is 42.5 Å². The number of carbonyl (C=O) groups is 2. The molecule has 25 heavy (non-hydrogen) atoms. The van der Waals surface area contributed by atoms with Crippen molar-refractivity contribution in [1.82, 2.24) is 15.5 Å². The van der Waals surface area contributed by atoms with Crippen molar-refractivity contribution in [3.8, 4) is 5.75 Å². The second kappa shape index (κ2) is 5.94. The van der Waals surface area contributed by atoms with E-state index in [0.717, 1.165) is 11.1 Å². The summed E-state index contributed by atoms with van der Waals surface area (Å²) in [6, 6.07) is 12.5. The van der Waals surface area contributed by atoms with Gasteiger partial charge in [0.1, 0.15) is 5.75 Å². The van der Waals surface area contributed by atoms with Crippen molar-refractivity contribution < 1.29 is 14.3 Å². The number of ether oxygens (including phenoxy) is 1. The van der Waals surface area contributed by atoms with Crippen LogP contribution in [0, 0.1) is 0 Å². The number of H-pyrrole nitrogens is 1. The van der Waals surface area contributed by atoms with E-state index in [2.05, 4.69) is 20.8 Å². The van der Waals surface area contributed by atoms with Crippen LogP contribution in [0.4, 0.5) is 5.82 Å². The number of amides is 2. The average Bonchev–Trinajstić information content (AvgIpc) is 3.17. The first-order valence-electron chi connectivity index (χ1n) is 7.88. The summed E-state index contributed by atoms with van der Waals surface area (Å²) < 4.78 is 5.33. The molecule has 0 saturated heterocycles. The van der Waals surface area contributed by atoms with Gasteiger partial charge in [-0.25, -0.2) is 0 Å². The smallest absolute Gasteiger partial charge is 0.252 e. The van der Waals surface area contributed by atoms with Gasteiger partial charge in [-0.05, 0) is 23.8 Å². The molecule has 1 aliphatic heterocycles. The molecule has 126 valence electrons. The minimum absolute atomic E-state index is 0.131. The van der Waals surface area contributed by atoms with Gasteiger partial charge in [-0.2, -0.15) is 5.10 Å². The molecule has 0 aliphatic carbocycles. The maximum absolute atomic E-state index is 12.5. The standard InChI is InChI=1S/C18H16N4O3/c1-25-14-8-4-7-12-16(14)17(22-21-12)20-15(23)9-13-10-5-2-3-6-11(10)18(24)19-13/h2-8,13H,9H2,1H3,(H,19,24)(H2,20,21,22,23). The van der Waals surface area contributed by atoms with E-state index in [1.54, 1.807) is 19.2 Å². The van der Waals surface area contributed by atoms with E-state index in [1.165, 1.54) is 0 Å². The topological polar surface area (TPSA) is 96.1 Å². The normalized spacial score (nSPS) is 15.7. The third-order valence-corrected chi connectivity index (χ3v) is 4.30. The zero-order valence-corrected chi connectivity index (χ0v) is 13.5. The van der Waals surface area contributed by atoms with Crippen LogP contribution in [-0.2, 0) is 4.79 Å². The number of methoxy groups -OCH3 is 1. The number of aromatic nitrogens is 2. The van der Waals surface area contributed by atoms with E-state index in [0.29, 0.717) is 22.5 Å². The highest BCUT2D eigenvalue weighted by Crippen LogP contribution is 2.31. The largest absolute Gasteiger partial charge is 0.496 e. The molecule has 0 saturated carbocycles. The van der Waals surface area contributed by atoms with E-state index in [4.69, 9.17) is 4.74 Å². The van der Waals surface area contributed by atoms with Gasteiger partial charge in [-0.3, -0.25) is 14.7 Å². The zero-order chi connectivity index (χ0) is 17.4. The number of hydrogen-bond acceptors (Lipinski definition) is 4. The van der Waals surface area contributed by atoms with Crippen molar-refractivity contribution in [2.24, 2.45) is 0 Å². The molecule has 2 amide bonds. The van der Waals surface area contributed by atoms with Crippen LogP contribution in [0.1, 0.15) is 28.4 Å². The first kappa shape index (κ1) is 15.2. The lowest BCUT2D eigenvalue weighted by Gasteiger charge is -2.11. The van der Waals surface area contributed by atoms with Crippen molar-refractivity contribution in [2.45, 2.75) is 12.5 Å². The van der Waals surface area contributed by atoms with Crippen molar-refractivity contribution in [2.75, 3.05) is 12.4 Å². The summed E-state index contributed by atoms with van der Waals surface area (Å²) in [7, 11) is 1.57. The maximum atomic E-state index is 12.5. The highest BCUT2D eigenvalue weighted by atomic mass is 16.5. The van der Waals surface area contributed by atoms with Crippen LogP contribution in [0.5, 0.6) is 5.75 Å². The molecule has 0 bridgehead atoms. The van der Waals surface area contributed by atoms with E-state index < -0.39 is 0 Å². The molecule has 3 aromatic rings. The Bertz CT molecular complexity index is 979. The van der Waals surface area contributed by atoms with E-state index in [9.17, 15) is 9.59 Å². The number of aromatic amines is 1. The number of nitrogens with zero attached hydrogens (tertiary/aromatic N) is 1. The molecule has 4 rings (SSSR count). The minimum Gasteiger partial charge on any atom is -0.496 e. The first-order valence-corrected chi connectivity index (χ1v) is 7.88. The van der Waals surface area contributed by atoms with E-state index >= 15 is 0 Å². The molecule has 3 N–H and O–H groups in total. The summed E-state index contributed by atoms with van der Waals surface area (Å²) in [4.78, 5) is 24.4. The Morgan fingerprint density at radius 3 is 2.92 bits per heavy atom. The number of fused-ring (bicyclic) bond motifs is 2. The predicted molar refractivity (Wildman–Crippen MR) is 92.5 cm³/mol. The molecule has 7 heteroatoms. The second-order valence-electron chi connectivity index (χ2n) is 5.82. The van der Waals surface area contributed by atoms with Gasteiger partial charge < -0.3 is 15.4 Å². The van der Waals surface area contributed by atoms with Crippen LogP contribution in [0.25, 0.3) is 10.9 Å². The molecule has 1 unspecified atom stereocenters. The summed E-state index contributed by atoms with van der Waals surface area (Å²) in [5.74, 6) is 0.651. The summed E-state index contributed by atoms with van der Waals surface area (Å²) in [5, 5.41) is 13.4. The van der Waals surface area contributed by atoms with E-state index in [-0.39, 0.29) is 24.3 Å². The molecule has 1 atom stereocenters. The second-order valence-corrected chi connectivity index (χ2v) is 5.82.